The van der Waals surface area contributed by atoms with Gasteiger partial charge in [-0.05, 0) is 51.2 Å². The molecule has 5 heteroatoms. The van der Waals surface area contributed by atoms with E-state index in [-0.39, 0.29) is 11.7 Å². The number of hydrogen-bond donors (Lipinski definition) is 1. The van der Waals surface area contributed by atoms with Crippen LogP contribution in [-0.2, 0) is 11.3 Å². The Hall–Kier alpha value is -2.40. The zero-order valence-corrected chi connectivity index (χ0v) is 17.6. The Morgan fingerprint density at radius 2 is 1.72 bits per heavy atom. The molecule has 154 valence electrons. The van der Waals surface area contributed by atoms with Crippen LogP contribution in [0, 0.1) is 6.92 Å². The molecule has 0 unspecified atom stereocenters. The van der Waals surface area contributed by atoms with Crippen molar-refractivity contribution in [2.75, 3.05) is 26.2 Å². The first-order valence-corrected chi connectivity index (χ1v) is 10.9. The van der Waals surface area contributed by atoms with Gasteiger partial charge in [-0.3, -0.25) is 9.59 Å². The molecule has 0 spiro atoms. The highest BCUT2D eigenvalue weighted by Gasteiger charge is 2.31. The van der Waals surface area contributed by atoms with Crippen LogP contribution in [0.4, 0.5) is 0 Å². The second kappa shape index (κ2) is 8.54. The fourth-order valence-electron chi connectivity index (χ4n) is 5.07. The molecule has 2 heterocycles. The van der Waals surface area contributed by atoms with Crippen LogP contribution in [0.1, 0.15) is 48.7 Å². The van der Waals surface area contributed by atoms with Crippen LogP contribution in [0.2, 0.25) is 0 Å². The Labute approximate surface area is 173 Å². The van der Waals surface area contributed by atoms with E-state index in [1.54, 1.807) is 11.8 Å². The average molecular weight is 395 g/mol. The van der Waals surface area contributed by atoms with E-state index in [0.717, 1.165) is 49.2 Å². The fraction of sp³-hybridized carbons (Fsp3) is 0.500. The molecule has 5 nitrogen and oxygen atoms in total. The van der Waals surface area contributed by atoms with Crippen LogP contribution >= 0.6 is 0 Å². The van der Waals surface area contributed by atoms with Crippen LogP contribution in [0.3, 0.4) is 0 Å². The van der Waals surface area contributed by atoms with Gasteiger partial charge in [0.2, 0.25) is 5.91 Å². The van der Waals surface area contributed by atoms with Crippen molar-refractivity contribution in [3.05, 3.63) is 47.7 Å². The number of rotatable bonds is 5. The van der Waals surface area contributed by atoms with E-state index in [9.17, 15) is 9.59 Å². The highest BCUT2D eigenvalue weighted by atomic mass is 16.2. The molecule has 4 rings (SSSR count). The molecule has 2 aliphatic rings. The third kappa shape index (κ3) is 4.15. The molecule has 1 aromatic carbocycles. The molecule has 2 aromatic rings. The van der Waals surface area contributed by atoms with E-state index in [0.29, 0.717) is 12.1 Å². The number of carbonyl (C=O) groups is 2. The van der Waals surface area contributed by atoms with Gasteiger partial charge in [-0.2, -0.15) is 0 Å². The summed E-state index contributed by atoms with van der Waals surface area (Å²) in [5.74, 6) is 0.195. The van der Waals surface area contributed by atoms with E-state index < -0.39 is 0 Å². The predicted molar refractivity (Wildman–Crippen MR) is 114 cm³/mol. The quantitative estimate of drug-likeness (QED) is 0.792. The molecule has 1 amide bonds. The highest BCUT2D eigenvalue weighted by molar-refractivity contribution is 5.97. The molecule has 1 N–H and O–H groups in total. The lowest BCUT2D eigenvalue weighted by molar-refractivity contribution is -0.928. The van der Waals surface area contributed by atoms with Crippen molar-refractivity contribution in [3.8, 4) is 11.3 Å². The first-order chi connectivity index (χ1) is 14.0. The van der Waals surface area contributed by atoms with Crippen molar-refractivity contribution in [3.63, 3.8) is 0 Å². The Balaban J connectivity index is 1.50. The highest BCUT2D eigenvalue weighted by Crippen LogP contribution is 2.26. The number of benzene rings is 1. The first kappa shape index (κ1) is 19.9. The zero-order valence-electron chi connectivity index (χ0n) is 17.6. The van der Waals surface area contributed by atoms with E-state index in [1.165, 1.54) is 25.7 Å². The van der Waals surface area contributed by atoms with E-state index in [1.807, 2.05) is 52.8 Å². The smallest absolute Gasteiger partial charge is 0.242 e. The second-order valence-electron chi connectivity index (χ2n) is 8.56. The first-order valence-electron chi connectivity index (χ1n) is 10.9. The van der Waals surface area contributed by atoms with E-state index in [4.69, 9.17) is 0 Å². The number of nitrogens with one attached hydrogen (secondary N) is 1. The lowest BCUT2D eigenvalue weighted by Gasteiger charge is -2.35. The van der Waals surface area contributed by atoms with Crippen molar-refractivity contribution >= 4 is 11.7 Å². The molecular formula is C24H32N3O2+. The van der Waals surface area contributed by atoms with Gasteiger partial charge in [-0.25, -0.2) is 0 Å². The average Bonchev–Trinajstić information content (AvgIpc) is 3.38. The Bertz CT molecular complexity index is 873. The molecule has 0 atom stereocenters. The maximum atomic E-state index is 13.1. The third-order valence-electron chi connectivity index (χ3n) is 6.80. The minimum Gasteiger partial charge on any atom is -0.335 e. The number of aromatic nitrogens is 1. The minimum absolute atomic E-state index is 0.0413. The van der Waals surface area contributed by atoms with Gasteiger partial charge < -0.3 is 14.4 Å². The molecular weight excluding hydrogens is 362 g/mol. The van der Waals surface area contributed by atoms with Crippen molar-refractivity contribution in [1.82, 2.24) is 9.47 Å². The summed E-state index contributed by atoms with van der Waals surface area (Å²) < 4.78 is 2.02. The number of hydrogen-bond acceptors (Lipinski definition) is 2. The summed E-state index contributed by atoms with van der Waals surface area (Å²) in [6.45, 7) is 7.63. The summed E-state index contributed by atoms with van der Waals surface area (Å²) in [6.07, 6.45) is 5.43. The third-order valence-corrected chi connectivity index (χ3v) is 6.80. The van der Waals surface area contributed by atoms with Crippen molar-refractivity contribution in [2.45, 2.75) is 52.1 Å². The van der Waals surface area contributed by atoms with Crippen LogP contribution in [-0.4, -0.2) is 53.4 Å². The summed E-state index contributed by atoms with van der Waals surface area (Å²) in [7, 11) is 0. The van der Waals surface area contributed by atoms with Crippen LogP contribution in [0.5, 0.6) is 0 Å². The monoisotopic (exact) mass is 394 g/mol. The van der Waals surface area contributed by atoms with Crippen LogP contribution < -0.4 is 4.90 Å². The van der Waals surface area contributed by atoms with E-state index in [2.05, 4.69) is 0 Å². The fourth-order valence-corrected chi connectivity index (χ4v) is 5.07. The molecule has 1 aliphatic heterocycles. The molecule has 1 saturated heterocycles. The summed E-state index contributed by atoms with van der Waals surface area (Å²) in [4.78, 5) is 28.9. The van der Waals surface area contributed by atoms with Crippen molar-refractivity contribution in [1.29, 1.82) is 0 Å². The number of ketones is 1. The lowest BCUT2D eigenvalue weighted by Crippen LogP contribution is -3.18. The van der Waals surface area contributed by atoms with Gasteiger partial charge in [0.25, 0.3) is 0 Å². The minimum atomic E-state index is 0.0413. The molecule has 2 fully saturated rings. The maximum Gasteiger partial charge on any atom is 0.242 e. The molecule has 0 bridgehead atoms. The van der Waals surface area contributed by atoms with Gasteiger partial charge in [0, 0.05) is 17.0 Å². The molecule has 0 radical (unpaired) electrons. The number of piperazine rings is 1. The van der Waals surface area contributed by atoms with Gasteiger partial charge in [0.15, 0.2) is 5.78 Å². The Kier molecular flexibility index (Phi) is 5.86. The Morgan fingerprint density at radius 1 is 1.07 bits per heavy atom. The number of Topliss-reactive ketones (excluding diaryl/α,β-unsaturated/α-hetero) is 1. The predicted octanol–water partition coefficient (Wildman–Crippen LogP) is 2.34. The molecule has 1 saturated carbocycles. The standard InChI is InChI=1S/C24H31N3O2/c1-18-22(19(2)28)16-23(20-8-4-3-5-9-20)27(18)17-24(29)26-14-12-25(13-15-26)21-10-6-7-11-21/h3-5,8-9,16,21H,6-7,10-15,17H2,1-2H3/p+1. The summed E-state index contributed by atoms with van der Waals surface area (Å²) in [5, 5.41) is 0. The van der Waals surface area contributed by atoms with Gasteiger partial charge in [0.05, 0.1) is 32.2 Å². The van der Waals surface area contributed by atoms with E-state index >= 15 is 0 Å². The zero-order chi connectivity index (χ0) is 20.4. The lowest BCUT2D eigenvalue weighted by atomic mass is 10.1. The van der Waals surface area contributed by atoms with Crippen molar-refractivity contribution < 1.29 is 14.5 Å². The Morgan fingerprint density at radius 3 is 2.34 bits per heavy atom. The SMILES string of the molecule is CC(=O)c1cc(-c2ccccc2)n(CC(=O)N2CC[NH+](C3CCCC3)CC2)c1C. The topological polar surface area (TPSA) is 46.8 Å². The van der Waals surface area contributed by atoms with Gasteiger partial charge in [0.1, 0.15) is 6.54 Å². The largest absolute Gasteiger partial charge is 0.335 e. The number of quaternary nitrogens is 1. The normalized spacial score (nSPS) is 18.3. The summed E-state index contributed by atoms with van der Waals surface area (Å²) in [5.41, 5.74) is 3.55. The van der Waals surface area contributed by atoms with Crippen LogP contribution in [0.25, 0.3) is 11.3 Å². The van der Waals surface area contributed by atoms with Crippen LogP contribution in [0.15, 0.2) is 36.4 Å². The number of nitrogens with zero attached hydrogens (tertiary/aromatic N) is 2. The number of amides is 1. The molecule has 1 aliphatic carbocycles. The summed E-state index contributed by atoms with van der Waals surface area (Å²) >= 11 is 0. The van der Waals surface area contributed by atoms with Gasteiger partial charge in [-0.1, -0.05) is 30.3 Å². The second-order valence-corrected chi connectivity index (χ2v) is 8.56. The van der Waals surface area contributed by atoms with Gasteiger partial charge in [-0.15, -0.1) is 0 Å². The van der Waals surface area contributed by atoms with Gasteiger partial charge >= 0.3 is 0 Å². The number of carbonyl (C=O) groups excluding carboxylic acids is 2. The maximum absolute atomic E-state index is 13.1. The summed E-state index contributed by atoms with van der Waals surface area (Å²) in [6, 6.07) is 12.8. The molecule has 29 heavy (non-hydrogen) atoms. The molecule has 1 aromatic heterocycles. The van der Waals surface area contributed by atoms with Crippen molar-refractivity contribution in [2.24, 2.45) is 0 Å².